The smallest absolute Gasteiger partial charge is 0.142 e. The van der Waals surface area contributed by atoms with Gasteiger partial charge in [-0.05, 0) is 42.5 Å². The van der Waals surface area contributed by atoms with E-state index in [1.54, 1.807) is 17.4 Å². The Morgan fingerprint density at radius 1 is 1.39 bits per heavy atom. The van der Waals surface area contributed by atoms with Crippen molar-refractivity contribution in [3.8, 4) is 0 Å². The second-order valence-corrected chi connectivity index (χ2v) is 5.62. The Balaban J connectivity index is 1.87. The summed E-state index contributed by atoms with van der Waals surface area (Å²) >= 11 is 7.42. The van der Waals surface area contributed by atoms with Crippen LogP contribution < -0.4 is 5.32 Å². The largest absolute Gasteiger partial charge is 0.310 e. The van der Waals surface area contributed by atoms with Crippen molar-refractivity contribution < 1.29 is 4.39 Å². The summed E-state index contributed by atoms with van der Waals surface area (Å²) < 4.78 is 13.3. The Morgan fingerprint density at radius 2 is 2.22 bits per heavy atom. The summed E-state index contributed by atoms with van der Waals surface area (Å²) in [6.07, 6.45) is 0.998. The maximum absolute atomic E-state index is 13.3. The molecule has 0 saturated carbocycles. The third-order valence-corrected chi connectivity index (χ3v) is 4.09. The van der Waals surface area contributed by atoms with Gasteiger partial charge in [0.15, 0.2) is 0 Å². The highest BCUT2D eigenvalue weighted by molar-refractivity contribution is 7.09. The van der Waals surface area contributed by atoms with Gasteiger partial charge in [0.1, 0.15) is 5.82 Å². The second kappa shape index (κ2) is 6.32. The lowest BCUT2D eigenvalue weighted by Gasteiger charge is -2.14. The lowest BCUT2D eigenvalue weighted by atomic mass is 10.1. The molecule has 4 heteroatoms. The van der Waals surface area contributed by atoms with Crippen molar-refractivity contribution in [3.63, 3.8) is 0 Å². The predicted molar refractivity (Wildman–Crippen MR) is 75.9 cm³/mol. The first-order chi connectivity index (χ1) is 8.66. The van der Waals surface area contributed by atoms with Crippen molar-refractivity contribution in [1.29, 1.82) is 0 Å². The van der Waals surface area contributed by atoms with Crippen molar-refractivity contribution in [2.45, 2.75) is 19.4 Å². The second-order valence-electron chi connectivity index (χ2n) is 4.18. The first kappa shape index (κ1) is 13.5. The van der Waals surface area contributed by atoms with Crippen molar-refractivity contribution in [3.05, 3.63) is 57.0 Å². The van der Waals surface area contributed by atoms with Crippen LogP contribution in [0.5, 0.6) is 0 Å². The molecule has 1 heterocycles. The average Bonchev–Trinajstić information content (AvgIpc) is 2.85. The summed E-state index contributed by atoms with van der Waals surface area (Å²) in [6, 6.07) is 9.25. The molecule has 1 nitrogen and oxygen atoms in total. The monoisotopic (exact) mass is 283 g/mol. The van der Waals surface area contributed by atoms with E-state index in [9.17, 15) is 4.39 Å². The first-order valence-corrected chi connectivity index (χ1v) is 7.13. The zero-order valence-corrected chi connectivity index (χ0v) is 11.7. The fraction of sp³-hybridized carbons (Fsp3) is 0.286. The molecule has 0 saturated heterocycles. The number of rotatable bonds is 5. The molecule has 0 fully saturated rings. The van der Waals surface area contributed by atoms with Crippen LogP contribution in [0.1, 0.15) is 23.4 Å². The minimum absolute atomic E-state index is 0.122. The van der Waals surface area contributed by atoms with Crippen molar-refractivity contribution in [1.82, 2.24) is 5.32 Å². The van der Waals surface area contributed by atoms with Gasteiger partial charge in [0.25, 0.3) is 0 Å². The van der Waals surface area contributed by atoms with Crippen LogP contribution in [0.15, 0.2) is 35.7 Å². The van der Waals surface area contributed by atoms with E-state index in [0.29, 0.717) is 0 Å². The van der Waals surface area contributed by atoms with Crippen LogP contribution in [-0.2, 0) is 6.42 Å². The molecule has 0 spiro atoms. The summed E-state index contributed by atoms with van der Waals surface area (Å²) in [4.78, 5) is 1.36. The molecule has 2 aromatic rings. The number of halogens is 2. The van der Waals surface area contributed by atoms with E-state index in [1.807, 2.05) is 13.0 Å². The molecule has 2 rings (SSSR count). The van der Waals surface area contributed by atoms with E-state index >= 15 is 0 Å². The lowest BCUT2D eigenvalue weighted by molar-refractivity contribution is 0.568. The molecular weight excluding hydrogens is 269 g/mol. The molecule has 1 atom stereocenters. The van der Waals surface area contributed by atoms with Gasteiger partial charge in [0.2, 0.25) is 0 Å². The Hall–Kier alpha value is -0.900. The number of hydrogen-bond donors (Lipinski definition) is 1. The van der Waals surface area contributed by atoms with Gasteiger partial charge in [-0.3, -0.25) is 0 Å². The fourth-order valence-corrected chi connectivity index (χ4v) is 2.59. The van der Waals surface area contributed by atoms with Gasteiger partial charge < -0.3 is 5.32 Å². The predicted octanol–water partition coefficient (Wildman–Crippen LogP) is 4.43. The number of thiophene rings is 1. The molecule has 0 aliphatic carbocycles. The van der Waals surface area contributed by atoms with Crippen molar-refractivity contribution >= 4 is 22.9 Å². The summed E-state index contributed by atoms with van der Waals surface area (Å²) in [7, 11) is 0. The van der Waals surface area contributed by atoms with Crippen LogP contribution in [0.4, 0.5) is 4.39 Å². The van der Waals surface area contributed by atoms with Gasteiger partial charge in [-0.25, -0.2) is 4.39 Å². The zero-order chi connectivity index (χ0) is 13.0. The van der Waals surface area contributed by atoms with Gasteiger partial charge in [-0.15, -0.1) is 11.3 Å². The summed E-state index contributed by atoms with van der Waals surface area (Å²) in [5.74, 6) is -0.360. The van der Waals surface area contributed by atoms with E-state index in [2.05, 4.69) is 22.8 Å². The van der Waals surface area contributed by atoms with Crippen LogP contribution in [0.3, 0.4) is 0 Å². The maximum atomic E-state index is 13.3. The molecule has 1 aromatic carbocycles. The molecule has 18 heavy (non-hydrogen) atoms. The Morgan fingerprint density at radius 3 is 2.89 bits per heavy atom. The molecular formula is C14H15ClFNS. The van der Waals surface area contributed by atoms with Gasteiger partial charge in [-0.1, -0.05) is 23.7 Å². The van der Waals surface area contributed by atoms with E-state index in [1.165, 1.54) is 10.9 Å². The topological polar surface area (TPSA) is 12.0 Å². The summed E-state index contributed by atoms with van der Waals surface area (Å²) in [5, 5.41) is 5.63. The van der Waals surface area contributed by atoms with Gasteiger partial charge in [-0.2, -0.15) is 0 Å². The fourth-order valence-electron chi connectivity index (χ4n) is 1.77. The Bertz CT molecular complexity index is 499. The molecule has 1 aromatic heterocycles. The maximum Gasteiger partial charge on any atom is 0.142 e. The van der Waals surface area contributed by atoms with Crippen molar-refractivity contribution in [2.75, 3.05) is 6.54 Å². The Labute approximate surface area is 116 Å². The van der Waals surface area contributed by atoms with Crippen LogP contribution in [0.25, 0.3) is 0 Å². The number of hydrogen-bond acceptors (Lipinski definition) is 2. The SMILES string of the molecule is CC(NCCc1cccs1)c1ccc(Cl)c(F)c1. The summed E-state index contributed by atoms with van der Waals surface area (Å²) in [5.41, 5.74) is 0.920. The molecule has 1 unspecified atom stereocenters. The standard InChI is InChI=1S/C14H15ClFNS/c1-10(11-4-5-13(15)14(16)9-11)17-7-6-12-3-2-8-18-12/h2-5,8-10,17H,6-7H2,1H3. The van der Waals surface area contributed by atoms with E-state index in [4.69, 9.17) is 11.6 Å². The highest BCUT2D eigenvalue weighted by Crippen LogP contribution is 2.20. The van der Waals surface area contributed by atoms with Crippen molar-refractivity contribution in [2.24, 2.45) is 0 Å². The van der Waals surface area contributed by atoms with E-state index < -0.39 is 0 Å². The minimum atomic E-state index is -0.360. The third-order valence-electron chi connectivity index (χ3n) is 2.85. The Kier molecular flexibility index (Phi) is 4.75. The molecule has 96 valence electrons. The van der Waals surface area contributed by atoms with Crippen LogP contribution in [0.2, 0.25) is 5.02 Å². The minimum Gasteiger partial charge on any atom is -0.310 e. The van der Waals surface area contributed by atoms with Gasteiger partial charge in [0.05, 0.1) is 5.02 Å². The van der Waals surface area contributed by atoms with Crippen LogP contribution in [0, 0.1) is 5.82 Å². The normalized spacial score (nSPS) is 12.6. The molecule has 0 aliphatic rings. The highest BCUT2D eigenvalue weighted by Gasteiger charge is 2.07. The average molecular weight is 284 g/mol. The molecule has 0 aliphatic heterocycles. The van der Waals surface area contributed by atoms with Crippen LogP contribution >= 0.6 is 22.9 Å². The van der Waals surface area contributed by atoms with Gasteiger partial charge >= 0.3 is 0 Å². The van der Waals surface area contributed by atoms with E-state index in [0.717, 1.165) is 18.5 Å². The first-order valence-electron chi connectivity index (χ1n) is 5.87. The summed E-state index contributed by atoms with van der Waals surface area (Å²) in [6.45, 7) is 2.91. The molecule has 0 amide bonds. The molecule has 0 bridgehead atoms. The number of nitrogens with one attached hydrogen (secondary N) is 1. The third kappa shape index (κ3) is 3.55. The van der Waals surface area contributed by atoms with E-state index in [-0.39, 0.29) is 16.9 Å². The number of benzene rings is 1. The quantitative estimate of drug-likeness (QED) is 0.856. The molecule has 1 N–H and O–H groups in total. The zero-order valence-electron chi connectivity index (χ0n) is 10.1. The van der Waals surface area contributed by atoms with Crippen LogP contribution in [-0.4, -0.2) is 6.54 Å². The highest BCUT2D eigenvalue weighted by atomic mass is 35.5. The lowest BCUT2D eigenvalue weighted by Crippen LogP contribution is -2.21. The van der Waals surface area contributed by atoms with Gasteiger partial charge in [0, 0.05) is 17.5 Å². The molecule has 0 radical (unpaired) electrons.